The van der Waals surface area contributed by atoms with Crippen LogP contribution in [0, 0.1) is 0 Å². The Morgan fingerprint density at radius 3 is 2.65 bits per heavy atom. The lowest BCUT2D eigenvalue weighted by molar-refractivity contribution is -0.0431. The summed E-state index contributed by atoms with van der Waals surface area (Å²) in [4.78, 5) is 0. The summed E-state index contributed by atoms with van der Waals surface area (Å²) in [7, 11) is 1.94. The number of fused-ring (bicyclic) bond motifs is 1. The maximum absolute atomic E-state index is 5.75. The lowest BCUT2D eigenvalue weighted by Gasteiger charge is -2.16. The molecule has 1 aliphatic rings. The third-order valence-corrected chi connectivity index (χ3v) is 3.34. The smallest absolute Gasteiger partial charge is 0.246 e. The normalized spacial score (nSPS) is 17.0. The zero-order valence-electron chi connectivity index (χ0n) is 12.2. The van der Waals surface area contributed by atoms with Crippen molar-refractivity contribution in [2.24, 2.45) is 7.05 Å². The van der Waals surface area contributed by atoms with Crippen LogP contribution in [0.1, 0.15) is 32.5 Å². The minimum Gasteiger partial charge on any atom is -0.449 e. The summed E-state index contributed by atoms with van der Waals surface area (Å²) in [5.74, 6) is 0.972. The Morgan fingerprint density at radius 1 is 1.20 bits per heavy atom. The van der Waals surface area contributed by atoms with Crippen LogP contribution >= 0.6 is 0 Å². The number of ether oxygens (including phenoxy) is 2. The summed E-state index contributed by atoms with van der Waals surface area (Å²) in [6.07, 6.45) is 1.80. The fraction of sp³-hybridized carbons (Fsp3) is 0.400. The van der Waals surface area contributed by atoms with Gasteiger partial charge >= 0.3 is 0 Å². The molecule has 1 unspecified atom stereocenters. The molecule has 1 aromatic heterocycles. The van der Waals surface area contributed by atoms with Crippen molar-refractivity contribution < 1.29 is 9.47 Å². The number of aromatic nitrogens is 2. The van der Waals surface area contributed by atoms with Crippen LogP contribution in [0.3, 0.4) is 0 Å². The van der Waals surface area contributed by atoms with Crippen LogP contribution in [-0.4, -0.2) is 15.6 Å². The molecule has 0 saturated heterocycles. The van der Waals surface area contributed by atoms with E-state index in [-0.39, 0.29) is 6.04 Å². The molecule has 1 atom stereocenters. The van der Waals surface area contributed by atoms with Gasteiger partial charge in [0.05, 0.1) is 11.7 Å². The van der Waals surface area contributed by atoms with Crippen molar-refractivity contribution in [3.05, 3.63) is 36.2 Å². The van der Waals surface area contributed by atoms with E-state index in [9.17, 15) is 0 Å². The summed E-state index contributed by atoms with van der Waals surface area (Å²) in [6, 6.07) is 8.07. The minimum absolute atomic E-state index is 0.163. The van der Waals surface area contributed by atoms with Gasteiger partial charge in [0.15, 0.2) is 11.5 Å². The van der Waals surface area contributed by atoms with Crippen LogP contribution in [0.15, 0.2) is 30.5 Å². The molecule has 106 valence electrons. The largest absolute Gasteiger partial charge is 0.449 e. The van der Waals surface area contributed by atoms with Crippen LogP contribution in [0.4, 0.5) is 5.69 Å². The first kappa shape index (κ1) is 12.8. The molecule has 0 bridgehead atoms. The summed E-state index contributed by atoms with van der Waals surface area (Å²) < 4.78 is 13.3. The van der Waals surface area contributed by atoms with Gasteiger partial charge in [0, 0.05) is 38.8 Å². The summed E-state index contributed by atoms with van der Waals surface area (Å²) >= 11 is 0. The monoisotopic (exact) mass is 273 g/mol. The quantitative estimate of drug-likeness (QED) is 0.933. The topological polar surface area (TPSA) is 48.3 Å². The fourth-order valence-corrected chi connectivity index (χ4v) is 2.45. The zero-order valence-corrected chi connectivity index (χ0v) is 12.2. The molecule has 0 amide bonds. The van der Waals surface area contributed by atoms with Crippen molar-refractivity contribution in [3.63, 3.8) is 0 Å². The highest BCUT2D eigenvalue weighted by atomic mass is 16.7. The van der Waals surface area contributed by atoms with Crippen LogP contribution < -0.4 is 14.8 Å². The van der Waals surface area contributed by atoms with Gasteiger partial charge in [-0.15, -0.1) is 0 Å². The van der Waals surface area contributed by atoms with Crippen molar-refractivity contribution in [2.75, 3.05) is 5.32 Å². The van der Waals surface area contributed by atoms with E-state index in [1.54, 1.807) is 6.20 Å². The predicted molar refractivity (Wildman–Crippen MR) is 77.0 cm³/mol. The standard InChI is InChI=1S/C15H19N3O2/c1-10(12-7-8-16-18(12)4)17-11-5-6-13-14(9-11)20-15(2,3)19-13/h5-10,17H,1-4H3. The lowest BCUT2D eigenvalue weighted by Crippen LogP contribution is -2.29. The Morgan fingerprint density at radius 2 is 1.95 bits per heavy atom. The van der Waals surface area contributed by atoms with Crippen LogP contribution in [0.2, 0.25) is 0 Å². The number of benzene rings is 1. The molecule has 1 aromatic carbocycles. The maximum Gasteiger partial charge on any atom is 0.246 e. The molecule has 5 heteroatoms. The maximum atomic E-state index is 5.75. The highest BCUT2D eigenvalue weighted by Crippen LogP contribution is 2.41. The van der Waals surface area contributed by atoms with Gasteiger partial charge in [-0.05, 0) is 25.1 Å². The van der Waals surface area contributed by atoms with E-state index in [1.807, 2.05) is 49.8 Å². The van der Waals surface area contributed by atoms with Gasteiger partial charge in [-0.1, -0.05) is 0 Å². The summed E-state index contributed by atoms with van der Waals surface area (Å²) in [6.45, 7) is 5.91. The molecule has 0 saturated carbocycles. The SMILES string of the molecule is CC(Nc1ccc2c(c1)OC(C)(C)O2)c1ccnn1C. The number of hydrogen-bond acceptors (Lipinski definition) is 4. The Kier molecular flexibility index (Phi) is 2.85. The molecule has 1 aliphatic heterocycles. The van der Waals surface area contributed by atoms with Crippen molar-refractivity contribution in [1.29, 1.82) is 0 Å². The molecule has 2 heterocycles. The van der Waals surface area contributed by atoms with Gasteiger partial charge in [0.25, 0.3) is 0 Å². The number of nitrogens with one attached hydrogen (secondary N) is 1. The van der Waals surface area contributed by atoms with Crippen LogP contribution in [0.5, 0.6) is 11.5 Å². The molecule has 0 aliphatic carbocycles. The van der Waals surface area contributed by atoms with Crippen molar-refractivity contribution in [3.8, 4) is 11.5 Å². The number of hydrogen-bond donors (Lipinski definition) is 1. The van der Waals surface area contributed by atoms with E-state index in [2.05, 4.69) is 17.3 Å². The van der Waals surface area contributed by atoms with E-state index < -0.39 is 5.79 Å². The third-order valence-electron chi connectivity index (χ3n) is 3.34. The Hall–Kier alpha value is -2.17. The molecule has 0 fully saturated rings. The second kappa shape index (κ2) is 4.44. The number of rotatable bonds is 3. The average molecular weight is 273 g/mol. The average Bonchev–Trinajstić information content (AvgIpc) is 2.90. The van der Waals surface area contributed by atoms with Gasteiger partial charge in [-0.25, -0.2) is 0 Å². The number of anilines is 1. The molecule has 0 radical (unpaired) electrons. The highest BCUT2D eigenvalue weighted by Gasteiger charge is 2.31. The van der Waals surface area contributed by atoms with E-state index in [0.29, 0.717) is 0 Å². The van der Waals surface area contributed by atoms with Gasteiger partial charge in [-0.3, -0.25) is 4.68 Å². The first-order valence-corrected chi connectivity index (χ1v) is 6.71. The van der Waals surface area contributed by atoms with Gasteiger partial charge in [0.1, 0.15) is 0 Å². The molecule has 1 N–H and O–H groups in total. The minimum atomic E-state index is -0.589. The van der Waals surface area contributed by atoms with E-state index in [1.165, 1.54) is 0 Å². The van der Waals surface area contributed by atoms with Crippen LogP contribution in [-0.2, 0) is 7.05 Å². The Bertz CT molecular complexity index is 634. The molecule has 0 spiro atoms. The van der Waals surface area contributed by atoms with E-state index in [4.69, 9.17) is 9.47 Å². The molecule has 3 rings (SSSR count). The Balaban J connectivity index is 1.79. The van der Waals surface area contributed by atoms with Crippen molar-refractivity contribution in [2.45, 2.75) is 32.6 Å². The molecular formula is C15H19N3O2. The fourth-order valence-electron chi connectivity index (χ4n) is 2.45. The van der Waals surface area contributed by atoms with Gasteiger partial charge < -0.3 is 14.8 Å². The second-order valence-electron chi connectivity index (χ2n) is 5.51. The summed E-state index contributed by atoms with van der Waals surface area (Å²) in [5, 5.41) is 7.63. The first-order chi connectivity index (χ1) is 9.44. The zero-order chi connectivity index (χ0) is 14.3. The Labute approximate surface area is 118 Å². The van der Waals surface area contributed by atoms with Crippen LogP contribution in [0.25, 0.3) is 0 Å². The lowest BCUT2D eigenvalue weighted by atomic mass is 10.2. The molecule has 5 nitrogen and oxygen atoms in total. The predicted octanol–water partition coefficient (Wildman–Crippen LogP) is 3.10. The first-order valence-electron chi connectivity index (χ1n) is 6.71. The molecular weight excluding hydrogens is 254 g/mol. The van der Waals surface area contributed by atoms with E-state index in [0.717, 1.165) is 22.9 Å². The summed E-state index contributed by atoms with van der Waals surface area (Å²) in [5.41, 5.74) is 2.13. The second-order valence-corrected chi connectivity index (χ2v) is 5.51. The number of nitrogens with zero attached hydrogens (tertiary/aromatic N) is 2. The molecule has 2 aromatic rings. The van der Waals surface area contributed by atoms with Gasteiger partial charge in [0.2, 0.25) is 5.79 Å². The van der Waals surface area contributed by atoms with Crippen molar-refractivity contribution >= 4 is 5.69 Å². The third kappa shape index (κ3) is 2.31. The molecule has 20 heavy (non-hydrogen) atoms. The van der Waals surface area contributed by atoms with E-state index >= 15 is 0 Å². The highest BCUT2D eigenvalue weighted by molar-refractivity contribution is 5.56. The van der Waals surface area contributed by atoms with Gasteiger partial charge in [-0.2, -0.15) is 5.10 Å². The van der Waals surface area contributed by atoms with Crippen molar-refractivity contribution in [1.82, 2.24) is 9.78 Å². The number of aryl methyl sites for hydroxylation is 1.